The highest BCUT2D eigenvalue weighted by Gasteiger charge is 2.27. The van der Waals surface area contributed by atoms with Crippen molar-refractivity contribution in [1.29, 1.82) is 0 Å². The maximum Gasteiger partial charge on any atom is 0.0486 e. The average Bonchev–Trinajstić information content (AvgIpc) is 2.99. The van der Waals surface area contributed by atoms with E-state index >= 15 is 0 Å². The van der Waals surface area contributed by atoms with Crippen LogP contribution >= 0.6 is 55.4 Å². The Morgan fingerprint density at radius 1 is 0.679 bits per heavy atom. The fourth-order valence-electron chi connectivity index (χ4n) is 3.50. The van der Waals surface area contributed by atoms with E-state index in [2.05, 4.69) is 106 Å². The quantitative estimate of drug-likeness (QED) is 0.235. The SMILES string of the molecule is CCCCCSC(SCCCCC)=C1c2cc(Br)ccc2-c2ccc(Br)cc21. The van der Waals surface area contributed by atoms with Gasteiger partial charge in [0, 0.05) is 18.8 Å². The molecule has 0 nitrogen and oxygen atoms in total. The molecular weight excluding hydrogens is 512 g/mol. The van der Waals surface area contributed by atoms with Gasteiger partial charge in [0.25, 0.3) is 0 Å². The second kappa shape index (κ2) is 11.3. The minimum atomic E-state index is 1.15. The Morgan fingerprint density at radius 3 is 1.57 bits per heavy atom. The molecule has 0 spiro atoms. The smallest absolute Gasteiger partial charge is 0.0486 e. The summed E-state index contributed by atoms with van der Waals surface area (Å²) in [4.78, 5) is 0. The van der Waals surface area contributed by atoms with Crippen LogP contribution in [0.5, 0.6) is 0 Å². The maximum absolute atomic E-state index is 3.70. The van der Waals surface area contributed by atoms with Crippen molar-refractivity contribution in [2.75, 3.05) is 11.5 Å². The topological polar surface area (TPSA) is 0 Å². The molecule has 28 heavy (non-hydrogen) atoms. The van der Waals surface area contributed by atoms with Crippen LogP contribution < -0.4 is 0 Å². The number of halogens is 2. The van der Waals surface area contributed by atoms with Crippen LogP contribution in [-0.4, -0.2) is 11.5 Å². The summed E-state index contributed by atoms with van der Waals surface area (Å²) in [5, 5.41) is 0. The van der Waals surface area contributed by atoms with E-state index in [0.717, 1.165) is 8.95 Å². The molecule has 1 aliphatic carbocycles. The van der Waals surface area contributed by atoms with Gasteiger partial charge < -0.3 is 0 Å². The van der Waals surface area contributed by atoms with Gasteiger partial charge in [-0.05, 0) is 70.9 Å². The highest BCUT2D eigenvalue weighted by Crippen LogP contribution is 2.51. The third-order valence-electron chi connectivity index (χ3n) is 4.96. The molecule has 0 atom stereocenters. The summed E-state index contributed by atoms with van der Waals surface area (Å²) in [5.41, 5.74) is 6.92. The van der Waals surface area contributed by atoms with Crippen LogP contribution in [0.4, 0.5) is 0 Å². The third-order valence-corrected chi connectivity index (χ3v) is 8.57. The van der Waals surface area contributed by atoms with Crippen molar-refractivity contribution >= 4 is 61.0 Å². The molecule has 0 fully saturated rings. The number of benzene rings is 2. The summed E-state index contributed by atoms with van der Waals surface area (Å²) in [5.74, 6) is 2.42. The van der Waals surface area contributed by atoms with Gasteiger partial charge in [-0.15, -0.1) is 23.5 Å². The second-order valence-corrected chi connectivity index (χ2v) is 11.5. The number of thioether (sulfide) groups is 2. The van der Waals surface area contributed by atoms with Crippen LogP contribution in [0, 0.1) is 0 Å². The Kier molecular flexibility index (Phi) is 9.08. The van der Waals surface area contributed by atoms with Gasteiger partial charge in [-0.25, -0.2) is 0 Å². The minimum Gasteiger partial charge on any atom is -0.119 e. The molecule has 1 aliphatic rings. The third kappa shape index (κ3) is 5.50. The Hall–Kier alpha value is -0.160. The van der Waals surface area contributed by atoms with Gasteiger partial charge >= 0.3 is 0 Å². The van der Waals surface area contributed by atoms with Crippen molar-refractivity contribution in [3.8, 4) is 11.1 Å². The first-order valence-corrected chi connectivity index (χ1v) is 13.8. The molecule has 0 saturated carbocycles. The van der Waals surface area contributed by atoms with Gasteiger partial charge in [0.1, 0.15) is 0 Å². The van der Waals surface area contributed by atoms with Crippen LogP contribution in [0.25, 0.3) is 16.7 Å². The van der Waals surface area contributed by atoms with Gasteiger partial charge in [-0.2, -0.15) is 0 Å². The van der Waals surface area contributed by atoms with Gasteiger partial charge in [0.05, 0.1) is 0 Å². The molecule has 2 aromatic rings. The zero-order chi connectivity index (χ0) is 19.9. The lowest BCUT2D eigenvalue weighted by Crippen LogP contribution is -1.90. The van der Waals surface area contributed by atoms with Crippen molar-refractivity contribution in [2.45, 2.75) is 52.4 Å². The summed E-state index contributed by atoms with van der Waals surface area (Å²) in [6, 6.07) is 13.5. The molecule has 2 aromatic carbocycles. The van der Waals surface area contributed by atoms with E-state index in [-0.39, 0.29) is 0 Å². The van der Waals surface area contributed by atoms with E-state index in [4.69, 9.17) is 0 Å². The number of fused-ring (bicyclic) bond motifs is 3. The standard InChI is InChI=1S/C24H28Br2S2/c1-3-5-7-13-27-24(28-14-8-6-4-2)23-21-15-17(25)9-11-19(21)20-12-10-18(26)16-22(20)23/h9-12,15-16H,3-8,13-14H2,1-2H3. The molecule has 0 N–H and O–H groups in total. The first kappa shape index (κ1) is 22.5. The van der Waals surface area contributed by atoms with E-state index in [0.29, 0.717) is 0 Å². The summed E-state index contributed by atoms with van der Waals surface area (Å²) in [6.07, 6.45) is 7.79. The van der Waals surface area contributed by atoms with Crippen molar-refractivity contribution in [3.63, 3.8) is 0 Å². The lowest BCUT2D eigenvalue weighted by atomic mass is 10.1. The van der Waals surface area contributed by atoms with Crippen molar-refractivity contribution in [1.82, 2.24) is 0 Å². The summed E-state index contributed by atoms with van der Waals surface area (Å²) in [6.45, 7) is 4.56. The highest BCUT2D eigenvalue weighted by molar-refractivity contribution is 9.10. The predicted molar refractivity (Wildman–Crippen MR) is 137 cm³/mol. The summed E-state index contributed by atoms with van der Waals surface area (Å²) < 4.78 is 3.81. The van der Waals surface area contributed by atoms with Gasteiger partial charge in [-0.3, -0.25) is 0 Å². The van der Waals surface area contributed by atoms with Crippen LogP contribution in [0.15, 0.2) is 49.6 Å². The molecule has 0 aliphatic heterocycles. The molecular formula is C24H28Br2S2. The lowest BCUT2D eigenvalue weighted by Gasteiger charge is -2.14. The Balaban J connectivity index is 2.02. The van der Waals surface area contributed by atoms with Gasteiger partial charge in [-0.1, -0.05) is 83.5 Å². The first-order valence-electron chi connectivity index (χ1n) is 10.3. The Morgan fingerprint density at radius 2 is 1.14 bits per heavy atom. The van der Waals surface area contributed by atoms with E-state index in [1.54, 1.807) is 0 Å². The Bertz CT molecular complexity index is 775. The largest absolute Gasteiger partial charge is 0.119 e. The lowest BCUT2D eigenvalue weighted by molar-refractivity contribution is 0.778. The first-order chi connectivity index (χ1) is 13.7. The maximum atomic E-state index is 3.70. The molecule has 4 heteroatoms. The van der Waals surface area contributed by atoms with E-state index in [1.807, 2.05) is 0 Å². The van der Waals surface area contributed by atoms with E-state index in [9.17, 15) is 0 Å². The number of hydrogen-bond donors (Lipinski definition) is 0. The van der Waals surface area contributed by atoms with Gasteiger partial charge in [0.2, 0.25) is 0 Å². The highest BCUT2D eigenvalue weighted by atomic mass is 79.9. The monoisotopic (exact) mass is 538 g/mol. The fraction of sp³-hybridized carbons (Fsp3) is 0.417. The zero-order valence-electron chi connectivity index (χ0n) is 16.7. The van der Waals surface area contributed by atoms with Crippen LogP contribution in [0.2, 0.25) is 0 Å². The van der Waals surface area contributed by atoms with Crippen LogP contribution in [-0.2, 0) is 0 Å². The molecule has 0 radical (unpaired) electrons. The van der Waals surface area contributed by atoms with Crippen LogP contribution in [0.3, 0.4) is 0 Å². The van der Waals surface area contributed by atoms with Gasteiger partial charge in [0.15, 0.2) is 0 Å². The zero-order valence-corrected chi connectivity index (χ0v) is 21.5. The van der Waals surface area contributed by atoms with Crippen LogP contribution in [0.1, 0.15) is 63.5 Å². The van der Waals surface area contributed by atoms with Crippen molar-refractivity contribution in [3.05, 3.63) is 60.7 Å². The number of hydrogen-bond acceptors (Lipinski definition) is 2. The second-order valence-electron chi connectivity index (χ2n) is 7.15. The summed E-state index contributed by atoms with van der Waals surface area (Å²) in [7, 11) is 0. The Labute approximate surface area is 195 Å². The normalized spacial score (nSPS) is 12.2. The van der Waals surface area contributed by atoms with E-state index in [1.165, 1.54) is 82.1 Å². The predicted octanol–water partition coefficient (Wildman–Crippen LogP) is 9.76. The average molecular weight is 540 g/mol. The number of unbranched alkanes of at least 4 members (excludes halogenated alkanes) is 4. The molecule has 0 bridgehead atoms. The molecule has 0 amide bonds. The molecule has 0 unspecified atom stereocenters. The summed E-state index contributed by atoms with van der Waals surface area (Å²) >= 11 is 11.5. The minimum absolute atomic E-state index is 1.15. The van der Waals surface area contributed by atoms with Crippen molar-refractivity contribution in [2.24, 2.45) is 0 Å². The molecule has 0 aromatic heterocycles. The molecule has 0 heterocycles. The molecule has 3 rings (SSSR count). The fourth-order valence-corrected chi connectivity index (χ4v) is 6.85. The van der Waals surface area contributed by atoms with E-state index < -0.39 is 0 Å². The number of rotatable bonds is 10. The van der Waals surface area contributed by atoms with Crippen molar-refractivity contribution < 1.29 is 0 Å². The molecule has 0 saturated heterocycles. The molecule has 150 valence electrons.